The van der Waals surface area contributed by atoms with Crippen LogP contribution in [0.25, 0.3) is 0 Å². The van der Waals surface area contributed by atoms with Crippen LogP contribution in [0.5, 0.6) is 0 Å². The van der Waals surface area contributed by atoms with Gasteiger partial charge in [0.1, 0.15) is 5.57 Å². The van der Waals surface area contributed by atoms with Crippen molar-refractivity contribution in [1.29, 1.82) is 0 Å². The Labute approximate surface area is 91.1 Å². The Kier molecular flexibility index (Phi) is 4.10. The van der Waals surface area contributed by atoms with Crippen LogP contribution < -0.4 is 5.84 Å². The van der Waals surface area contributed by atoms with Gasteiger partial charge in [0.15, 0.2) is 6.54 Å². The smallest absolute Gasteiger partial charge is 0.248 e. The first-order valence-electron chi connectivity index (χ1n) is 4.52. The molecule has 0 aliphatic rings. The molecule has 0 aromatic carbocycles. The molecule has 0 fully saturated rings. The minimum atomic E-state index is -5.04. The van der Waals surface area contributed by atoms with E-state index in [1.54, 1.807) is 0 Å². The maximum absolute atomic E-state index is 13.5. The van der Waals surface area contributed by atoms with E-state index in [0.717, 1.165) is 13.8 Å². The van der Waals surface area contributed by atoms with Crippen molar-refractivity contribution in [2.75, 3.05) is 20.6 Å². The molecule has 0 aliphatic carbocycles. The van der Waals surface area contributed by atoms with Crippen molar-refractivity contribution in [2.24, 2.45) is 5.84 Å². The maximum Gasteiger partial charge on any atom is 0.418 e. The van der Waals surface area contributed by atoms with Crippen LogP contribution in [0.1, 0.15) is 13.8 Å². The predicted molar refractivity (Wildman–Crippen MR) is 50.5 cm³/mol. The van der Waals surface area contributed by atoms with E-state index >= 15 is 0 Å². The number of hydrogen-bond acceptors (Lipinski definition) is 1. The van der Waals surface area contributed by atoms with Crippen molar-refractivity contribution in [3.8, 4) is 0 Å². The van der Waals surface area contributed by atoms with Crippen LogP contribution >= 0.6 is 0 Å². The number of nitrogens with two attached hydrogens (primary N) is 1. The highest BCUT2D eigenvalue weighted by molar-refractivity contribution is 5.23. The number of nitrogens with zero attached hydrogens (tertiary/aromatic N) is 1. The second kappa shape index (κ2) is 4.29. The Balaban J connectivity index is 5.34. The molecule has 0 aliphatic heterocycles. The quantitative estimate of drug-likeness (QED) is 0.268. The summed E-state index contributed by atoms with van der Waals surface area (Å²) in [5, 5.41) is 0. The molecule has 0 radical (unpaired) electrons. The van der Waals surface area contributed by atoms with Crippen LogP contribution in [0, 0.1) is 0 Å². The Bertz CT molecular complexity index is 281. The SMILES string of the molecule is CC(C)=C(C(F)(F)F)C(F)(F)C[N+](C)(C)N. The number of allylic oxidation sites excluding steroid dienone is 1. The molecule has 0 aromatic heterocycles. The summed E-state index contributed by atoms with van der Waals surface area (Å²) in [4.78, 5) is 0. The molecule has 0 heterocycles. The third-order valence-corrected chi connectivity index (χ3v) is 1.76. The summed E-state index contributed by atoms with van der Waals surface area (Å²) in [6.07, 6.45) is -5.04. The fourth-order valence-electron chi connectivity index (χ4n) is 1.45. The number of quaternary nitrogens is 1. The molecule has 2 nitrogen and oxygen atoms in total. The maximum atomic E-state index is 13.5. The van der Waals surface area contributed by atoms with Crippen LogP contribution in [-0.4, -0.2) is 37.3 Å². The van der Waals surface area contributed by atoms with Gasteiger partial charge in [-0.3, -0.25) is 0 Å². The molecule has 0 unspecified atom stereocenters. The zero-order valence-electron chi connectivity index (χ0n) is 9.62. The standard InChI is InChI=1S/C9H16F5N2/c1-6(2)7(9(12,13)14)8(10,11)5-16(3,4)15/h5,15H2,1-4H3/q+1. The zero-order chi connectivity index (χ0) is 13.4. The summed E-state index contributed by atoms with van der Waals surface area (Å²) in [6, 6.07) is 0. The van der Waals surface area contributed by atoms with Crippen LogP contribution in [0.2, 0.25) is 0 Å². The average Bonchev–Trinajstić information content (AvgIpc) is 1.70. The summed E-state index contributed by atoms with van der Waals surface area (Å²) < 4.78 is 63.5. The fraction of sp³-hybridized carbons (Fsp3) is 0.778. The first kappa shape index (κ1) is 15.3. The summed E-state index contributed by atoms with van der Waals surface area (Å²) in [7, 11) is 2.40. The van der Waals surface area contributed by atoms with Crippen molar-refractivity contribution in [3.05, 3.63) is 11.1 Å². The molecule has 7 heteroatoms. The van der Waals surface area contributed by atoms with Crippen molar-refractivity contribution >= 4 is 0 Å². The van der Waals surface area contributed by atoms with Crippen molar-refractivity contribution in [1.82, 2.24) is 0 Å². The molecule has 0 atom stereocenters. The van der Waals surface area contributed by atoms with Gasteiger partial charge >= 0.3 is 12.1 Å². The van der Waals surface area contributed by atoms with Crippen LogP contribution in [-0.2, 0) is 0 Å². The molecule has 0 saturated heterocycles. The topological polar surface area (TPSA) is 26.0 Å². The minimum absolute atomic E-state index is 0.453. The van der Waals surface area contributed by atoms with Gasteiger partial charge in [-0.05, 0) is 13.8 Å². The molecule has 2 N–H and O–H groups in total. The number of halogens is 5. The Hall–Kier alpha value is -0.690. The lowest BCUT2D eigenvalue weighted by atomic mass is 10.0. The molecule has 0 saturated carbocycles. The van der Waals surface area contributed by atoms with E-state index < -0.39 is 34.4 Å². The van der Waals surface area contributed by atoms with Gasteiger partial charge in [-0.1, -0.05) is 5.57 Å². The third-order valence-electron chi connectivity index (χ3n) is 1.76. The van der Waals surface area contributed by atoms with Gasteiger partial charge in [0, 0.05) is 0 Å². The summed E-state index contributed by atoms with van der Waals surface area (Å²) in [6.45, 7) is 0.910. The third kappa shape index (κ3) is 4.44. The largest absolute Gasteiger partial charge is 0.418 e. The van der Waals surface area contributed by atoms with Crippen molar-refractivity contribution in [2.45, 2.75) is 25.9 Å². The zero-order valence-corrected chi connectivity index (χ0v) is 9.62. The second-order valence-electron chi connectivity index (χ2n) is 4.51. The van der Waals surface area contributed by atoms with E-state index in [-0.39, 0.29) is 0 Å². The highest BCUT2D eigenvalue weighted by Gasteiger charge is 2.53. The number of alkyl halides is 5. The van der Waals surface area contributed by atoms with E-state index in [1.807, 2.05) is 0 Å². The van der Waals surface area contributed by atoms with Crippen LogP contribution in [0.4, 0.5) is 22.0 Å². The van der Waals surface area contributed by atoms with Gasteiger partial charge in [-0.2, -0.15) is 27.8 Å². The monoisotopic (exact) mass is 247 g/mol. The van der Waals surface area contributed by atoms with Gasteiger partial charge < -0.3 is 0 Å². The lowest BCUT2D eigenvalue weighted by Gasteiger charge is -2.30. The normalized spacial score (nSPS) is 13.9. The lowest BCUT2D eigenvalue weighted by Crippen LogP contribution is -2.55. The highest BCUT2D eigenvalue weighted by atomic mass is 19.4. The van der Waals surface area contributed by atoms with E-state index in [2.05, 4.69) is 0 Å². The summed E-state index contributed by atoms with van der Waals surface area (Å²) >= 11 is 0. The number of rotatable bonds is 3. The highest BCUT2D eigenvalue weighted by Crippen LogP contribution is 2.40. The molecule has 0 amide bonds. The molecule has 16 heavy (non-hydrogen) atoms. The van der Waals surface area contributed by atoms with Crippen LogP contribution in [0.3, 0.4) is 0 Å². The molecule has 0 rings (SSSR count). The van der Waals surface area contributed by atoms with Gasteiger partial charge in [0.25, 0.3) is 0 Å². The summed E-state index contributed by atoms with van der Waals surface area (Å²) in [5.74, 6) is 1.28. The second-order valence-corrected chi connectivity index (χ2v) is 4.51. The Morgan fingerprint density at radius 3 is 1.62 bits per heavy atom. The molecule has 0 bridgehead atoms. The Morgan fingerprint density at radius 1 is 1.06 bits per heavy atom. The van der Waals surface area contributed by atoms with Gasteiger partial charge in [-0.25, -0.2) is 4.59 Å². The Morgan fingerprint density at radius 2 is 1.44 bits per heavy atom. The fourth-order valence-corrected chi connectivity index (χ4v) is 1.45. The molecular weight excluding hydrogens is 231 g/mol. The van der Waals surface area contributed by atoms with Gasteiger partial charge in [0.2, 0.25) is 0 Å². The van der Waals surface area contributed by atoms with E-state index in [9.17, 15) is 22.0 Å². The molecular formula is C9H16F5N2+. The lowest BCUT2D eigenvalue weighted by molar-refractivity contribution is -0.909. The molecule has 0 spiro atoms. The van der Waals surface area contributed by atoms with E-state index in [0.29, 0.717) is 0 Å². The van der Waals surface area contributed by atoms with E-state index in [1.165, 1.54) is 14.1 Å². The van der Waals surface area contributed by atoms with Crippen molar-refractivity contribution in [3.63, 3.8) is 0 Å². The predicted octanol–water partition coefficient (Wildman–Crippen LogP) is 2.47. The molecule has 0 aromatic rings. The summed E-state index contributed by atoms with van der Waals surface area (Å²) in [5.41, 5.74) is -2.26. The first-order chi connectivity index (χ1) is 6.77. The molecule has 96 valence electrons. The van der Waals surface area contributed by atoms with Crippen molar-refractivity contribution < 1.29 is 26.5 Å². The van der Waals surface area contributed by atoms with E-state index in [4.69, 9.17) is 5.84 Å². The van der Waals surface area contributed by atoms with Gasteiger partial charge in [0.05, 0.1) is 14.1 Å². The minimum Gasteiger partial charge on any atom is -0.248 e. The van der Waals surface area contributed by atoms with Gasteiger partial charge in [-0.15, -0.1) is 0 Å². The first-order valence-corrected chi connectivity index (χ1v) is 4.52. The van der Waals surface area contributed by atoms with Crippen LogP contribution in [0.15, 0.2) is 11.1 Å². The number of hydrogen-bond donors (Lipinski definition) is 1. The average molecular weight is 247 g/mol.